The first-order valence-electron chi connectivity index (χ1n) is 8.97. The van der Waals surface area contributed by atoms with Crippen LogP contribution in [0.2, 0.25) is 0 Å². The molecule has 2 unspecified atom stereocenters. The minimum Gasteiger partial charge on any atom is -0.504 e. The SMILES string of the molecule is COc1cc(C(OS(=O)(=O)O)C(CO)Oc2ccc(C=CC(=O)O)cc2OC)ccc1O. The number of aliphatic hydroxyl groups is 1. The topological polar surface area (TPSA) is 169 Å². The predicted octanol–water partition coefficient (Wildman–Crippen LogP) is 1.81. The number of carboxylic acids is 1. The first-order valence-corrected chi connectivity index (χ1v) is 10.3. The molecule has 174 valence electrons. The molecule has 0 aliphatic rings. The van der Waals surface area contributed by atoms with Crippen LogP contribution in [0.4, 0.5) is 0 Å². The highest BCUT2D eigenvalue weighted by molar-refractivity contribution is 7.80. The van der Waals surface area contributed by atoms with E-state index in [1.165, 1.54) is 56.7 Å². The van der Waals surface area contributed by atoms with Crippen molar-refractivity contribution >= 4 is 22.4 Å². The summed E-state index contributed by atoms with van der Waals surface area (Å²) in [7, 11) is -2.37. The van der Waals surface area contributed by atoms with Gasteiger partial charge in [-0.15, -0.1) is 0 Å². The van der Waals surface area contributed by atoms with E-state index in [2.05, 4.69) is 0 Å². The number of rotatable bonds is 11. The molecule has 0 aromatic heterocycles. The van der Waals surface area contributed by atoms with Gasteiger partial charge in [0.05, 0.1) is 20.8 Å². The molecule has 32 heavy (non-hydrogen) atoms. The van der Waals surface area contributed by atoms with Crippen LogP contribution in [0, 0.1) is 0 Å². The van der Waals surface area contributed by atoms with Gasteiger partial charge in [0.25, 0.3) is 0 Å². The number of methoxy groups -OCH3 is 2. The maximum absolute atomic E-state index is 11.4. The molecule has 2 aromatic carbocycles. The van der Waals surface area contributed by atoms with Gasteiger partial charge in [-0.05, 0) is 41.5 Å². The lowest BCUT2D eigenvalue weighted by Gasteiger charge is -2.26. The van der Waals surface area contributed by atoms with Crippen molar-refractivity contribution in [2.24, 2.45) is 0 Å². The number of carboxylic acid groups (broad SMARTS) is 1. The van der Waals surface area contributed by atoms with Gasteiger partial charge in [0.2, 0.25) is 0 Å². The number of phenolic OH excluding ortho intramolecular Hbond substituents is 1. The van der Waals surface area contributed by atoms with Gasteiger partial charge in [-0.2, -0.15) is 8.42 Å². The Morgan fingerprint density at radius 3 is 2.31 bits per heavy atom. The van der Waals surface area contributed by atoms with E-state index in [1.54, 1.807) is 0 Å². The van der Waals surface area contributed by atoms with Crippen LogP contribution < -0.4 is 14.2 Å². The highest BCUT2D eigenvalue weighted by atomic mass is 32.3. The van der Waals surface area contributed by atoms with Crippen LogP contribution >= 0.6 is 0 Å². The largest absolute Gasteiger partial charge is 0.504 e. The highest BCUT2D eigenvalue weighted by Gasteiger charge is 2.31. The van der Waals surface area contributed by atoms with Crippen LogP contribution in [-0.4, -0.2) is 61.2 Å². The van der Waals surface area contributed by atoms with E-state index in [4.69, 9.17) is 23.5 Å². The van der Waals surface area contributed by atoms with Crippen LogP contribution in [0.1, 0.15) is 17.2 Å². The Bertz CT molecular complexity index is 1080. The van der Waals surface area contributed by atoms with Gasteiger partial charge in [-0.25, -0.2) is 8.98 Å². The van der Waals surface area contributed by atoms with Crippen molar-refractivity contribution in [3.63, 3.8) is 0 Å². The maximum atomic E-state index is 11.4. The second-order valence-electron chi connectivity index (χ2n) is 6.30. The van der Waals surface area contributed by atoms with Gasteiger partial charge < -0.3 is 29.5 Å². The molecule has 12 heteroatoms. The zero-order valence-corrected chi connectivity index (χ0v) is 17.9. The molecule has 0 fully saturated rings. The van der Waals surface area contributed by atoms with Crippen LogP contribution in [0.3, 0.4) is 0 Å². The molecule has 0 saturated carbocycles. The fraction of sp³-hybridized carbons (Fsp3) is 0.250. The van der Waals surface area contributed by atoms with E-state index >= 15 is 0 Å². The zero-order valence-electron chi connectivity index (χ0n) is 17.0. The normalized spacial score (nSPS) is 13.5. The van der Waals surface area contributed by atoms with E-state index < -0.39 is 35.2 Å². The molecule has 0 aliphatic carbocycles. The number of aliphatic hydroxyl groups excluding tert-OH is 1. The van der Waals surface area contributed by atoms with E-state index in [0.717, 1.165) is 6.08 Å². The van der Waals surface area contributed by atoms with Crippen molar-refractivity contribution in [2.45, 2.75) is 12.2 Å². The van der Waals surface area contributed by atoms with Gasteiger partial charge in [0.1, 0.15) is 6.10 Å². The van der Waals surface area contributed by atoms with Gasteiger partial charge in [-0.1, -0.05) is 12.1 Å². The third-order valence-electron chi connectivity index (χ3n) is 4.16. The van der Waals surface area contributed by atoms with Crippen LogP contribution in [0.5, 0.6) is 23.0 Å². The number of hydrogen-bond donors (Lipinski definition) is 4. The van der Waals surface area contributed by atoms with E-state index in [1.807, 2.05) is 0 Å². The summed E-state index contributed by atoms with van der Waals surface area (Å²) in [4.78, 5) is 10.7. The number of phenols is 1. The fourth-order valence-corrected chi connectivity index (χ4v) is 3.24. The molecular weight excluding hydrogens is 448 g/mol. The van der Waals surface area contributed by atoms with Gasteiger partial charge in [0.15, 0.2) is 29.1 Å². The van der Waals surface area contributed by atoms with E-state index in [9.17, 15) is 28.0 Å². The Morgan fingerprint density at radius 2 is 1.75 bits per heavy atom. The molecule has 11 nitrogen and oxygen atoms in total. The van der Waals surface area contributed by atoms with Crippen LogP contribution in [0.25, 0.3) is 6.08 Å². The zero-order chi connectivity index (χ0) is 23.9. The smallest absolute Gasteiger partial charge is 0.398 e. The maximum Gasteiger partial charge on any atom is 0.398 e. The Balaban J connectivity index is 2.44. The second-order valence-corrected chi connectivity index (χ2v) is 7.34. The number of carbonyl (C=O) groups is 1. The van der Waals surface area contributed by atoms with E-state index in [-0.39, 0.29) is 28.6 Å². The number of aliphatic carboxylic acids is 1. The molecule has 0 radical (unpaired) electrons. The molecular formula is C20H22O11S. The molecule has 2 atom stereocenters. The summed E-state index contributed by atoms with van der Waals surface area (Å²) < 4.78 is 52.8. The quantitative estimate of drug-likeness (QED) is 0.279. The third-order valence-corrected chi connectivity index (χ3v) is 4.61. The number of hydrogen-bond acceptors (Lipinski definition) is 9. The fourth-order valence-electron chi connectivity index (χ4n) is 2.74. The number of benzene rings is 2. The van der Waals surface area contributed by atoms with Crippen molar-refractivity contribution in [1.82, 2.24) is 0 Å². The summed E-state index contributed by atoms with van der Waals surface area (Å²) in [5, 5.41) is 28.4. The molecule has 0 bridgehead atoms. The first-order chi connectivity index (χ1) is 15.1. The van der Waals surface area contributed by atoms with Crippen molar-refractivity contribution < 1.29 is 51.5 Å². The molecule has 0 spiro atoms. The first kappa shape index (κ1) is 24.9. The average molecular weight is 470 g/mol. The van der Waals surface area contributed by atoms with E-state index in [0.29, 0.717) is 5.56 Å². The lowest BCUT2D eigenvalue weighted by Crippen LogP contribution is -2.32. The Kier molecular flexibility index (Phi) is 8.43. The Hall–Kier alpha value is -3.32. The minimum absolute atomic E-state index is 0.00437. The summed E-state index contributed by atoms with van der Waals surface area (Å²) in [6.07, 6.45) is -0.646. The molecule has 0 heterocycles. The Morgan fingerprint density at radius 1 is 1.06 bits per heavy atom. The molecule has 2 rings (SSSR count). The lowest BCUT2D eigenvalue weighted by molar-refractivity contribution is -0.131. The monoisotopic (exact) mass is 470 g/mol. The van der Waals surface area contributed by atoms with Crippen molar-refractivity contribution in [2.75, 3.05) is 20.8 Å². The summed E-state index contributed by atoms with van der Waals surface area (Å²) in [6, 6.07) is 8.17. The number of aromatic hydroxyl groups is 1. The standard InChI is InChI=1S/C20H22O11S/c1-28-16-10-13(5-6-14(16)22)20(31-32(25,26)27)18(11-21)30-15-7-3-12(4-8-19(23)24)9-17(15)29-2/h3-10,18,20-22H,11H2,1-2H3,(H,23,24)(H,25,26,27). The summed E-state index contributed by atoms with van der Waals surface area (Å²) in [6.45, 7) is -0.743. The van der Waals surface area contributed by atoms with Gasteiger partial charge >= 0.3 is 16.4 Å². The number of ether oxygens (including phenoxy) is 3. The lowest BCUT2D eigenvalue weighted by atomic mass is 10.0. The highest BCUT2D eigenvalue weighted by Crippen LogP contribution is 2.36. The van der Waals surface area contributed by atoms with Crippen molar-refractivity contribution in [3.8, 4) is 23.0 Å². The molecule has 4 N–H and O–H groups in total. The van der Waals surface area contributed by atoms with Crippen LogP contribution in [-0.2, 0) is 19.4 Å². The van der Waals surface area contributed by atoms with Crippen LogP contribution in [0.15, 0.2) is 42.5 Å². The summed E-state index contributed by atoms with van der Waals surface area (Å²) in [5.74, 6) is -1.14. The predicted molar refractivity (Wildman–Crippen MR) is 111 cm³/mol. The molecule has 0 aliphatic heterocycles. The second kappa shape index (κ2) is 10.8. The third kappa shape index (κ3) is 6.85. The average Bonchev–Trinajstić information content (AvgIpc) is 2.74. The minimum atomic E-state index is -4.98. The molecule has 0 saturated heterocycles. The molecule has 2 aromatic rings. The van der Waals surface area contributed by atoms with Crippen molar-refractivity contribution in [3.05, 3.63) is 53.6 Å². The van der Waals surface area contributed by atoms with Gasteiger partial charge in [0, 0.05) is 6.08 Å². The summed E-state index contributed by atoms with van der Waals surface area (Å²) in [5.41, 5.74) is 0.586. The Labute approximate surface area is 184 Å². The molecule has 0 amide bonds. The van der Waals surface area contributed by atoms with Gasteiger partial charge in [-0.3, -0.25) is 4.55 Å². The summed E-state index contributed by atoms with van der Waals surface area (Å²) >= 11 is 0. The van der Waals surface area contributed by atoms with Crippen molar-refractivity contribution in [1.29, 1.82) is 0 Å².